The van der Waals surface area contributed by atoms with Gasteiger partial charge in [-0.1, -0.05) is 60.7 Å². The third-order valence-electron chi connectivity index (χ3n) is 3.41. The van der Waals surface area contributed by atoms with E-state index in [1.807, 2.05) is 48.5 Å². The number of Topliss-reactive ketones (excluding diaryl/α,β-unsaturated/α-hetero) is 1. The zero-order valence-electron chi connectivity index (χ0n) is 13.0. The van der Waals surface area contributed by atoms with Gasteiger partial charge in [-0.05, 0) is 30.6 Å². The van der Waals surface area contributed by atoms with E-state index in [-0.39, 0.29) is 5.78 Å². The van der Waals surface area contributed by atoms with Crippen LogP contribution in [0.3, 0.4) is 0 Å². The molecule has 0 atom stereocenters. The van der Waals surface area contributed by atoms with E-state index in [0.717, 1.165) is 19.4 Å². The van der Waals surface area contributed by atoms with E-state index in [0.29, 0.717) is 23.8 Å². The molecule has 23 heavy (non-hydrogen) atoms. The number of nitrogens with one attached hydrogen (secondary N) is 1. The highest BCUT2D eigenvalue weighted by Crippen LogP contribution is 2.03. The summed E-state index contributed by atoms with van der Waals surface area (Å²) in [5, 5.41) is 3.42. The molecule has 0 radical (unpaired) electrons. The van der Waals surface area contributed by atoms with Crippen LogP contribution in [-0.2, 0) is 11.2 Å². The normalized spacial score (nSPS) is 10.1. The van der Waals surface area contributed by atoms with E-state index in [9.17, 15) is 4.79 Å². The summed E-state index contributed by atoms with van der Waals surface area (Å²) in [7, 11) is 0. The van der Waals surface area contributed by atoms with E-state index >= 15 is 0 Å². The predicted molar refractivity (Wildman–Crippen MR) is 96.7 cm³/mol. The molecule has 0 amide bonds. The highest BCUT2D eigenvalue weighted by Gasteiger charge is 2.05. The Morgan fingerprint density at radius 3 is 2.35 bits per heavy atom. The Labute approximate surface area is 142 Å². The van der Waals surface area contributed by atoms with Crippen molar-refractivity contribution in [3.8, 4) is 0 Å². The lowest BCUT2D eigenvalue weighted by Crippen LogP contribution is -2.26. The van der Waals surface area contributed by atoms with Gasteiger partial charge in [-0.15, -0.1) is 0 Å². The number of rotatable bonds is 8. The number of hydrogen-bond acceptors (Lipinski definition) is 3. The van der Waals surface area contributed by atoms with Crippen molar-refractivity contribution in [1.29, 1.82) is 0 Å². The van der Waals surface area contributed by atoms with Crippen molar-refractivity contribution in [3.05, 3.63) is 71.8 Å². The van der Waals surface area contributed by atoms with Crippen LogP contribution in [0.5, 0.6) is 0 Å². The van der Waals surface area contributed by atoms with Crippen molar-refractivity contribution in [1.82, 2.24) is 5.32 Å². The Morgan fingerprint density at radius 1 is 1.00 bits per heavy atom. The smallest absolute Gasteiger partial charge is 0.256 e. The number of carbonyl (C=O) groups is 1. The Bertz CT molecular complexity index is 614. The van der Waals surface area contributed by atoms with E-state index in [1.165, 1.54) is 5.56 Å². The molecule has 0 aliphatic heterocycles. The molecular formula is C19H21NO2S. The Morgan fingerprint density at radius 2 is 1.65 bits per heavy atom. The maximum absolute atomic E-state index is 11.9. The van der Waals surface area contributed by atoms with E-state index < -0.39 is 0 Å². The van der Waals surface area contributed by atoms with E-state index in [2.05, 4.69) is 17.4 Å². The van der Waals surface area contributed by atoms with Crippen LogP contribution in [0.2, 0.25) is 0 Å². The average molecular weight is 327 g/mol. The molecule has 0 unspecified atom stereocenters. The molecule has 0 saturated carbocycles. The zero-order chi connectivity index (χ0) is 16.3. The molecule has 0 heterocycles. The van der Waals surface area contributed by atoms with Gasteiger partial charge in [0.1, 0.15) is 0 Å². The number of ketones is 1. The van der Waals surface area contributed by atoms with Gasteiger partial charge >= 0.3 is 0 Å². The zero-order valence-corrected chi connectivity index (χ0v) is 13.9. The third kappa shape index (κ3) is 6.61. The lowest BCUT2D eigenvalue weighted by atomic mass is 10.1. The molecule has 1 N–H and O–H groups in total. The van der Waals surface area contributed by atoms with E-state index in [4.69, 9.17) is 17.0 Å². The molecule has 2 rings (SSSR count). The number of aryl methyl sites for hydroxylation is 1. The molecule has 2 aromatic rings. The van der Waals surface area contributed by atoms with Crippen molar-refractivity contribution in [2.75, 3.05) is 13.2 Å². The minimum Gasteiger partial charge on any atom is -0.471 e. The highest BCUT2D eigenvalue weighted by molar-refractivity contribution is 7.80. The second-order valence-corrected chi connectivity index (χ2v) is 5.56. The van der Waals surface area contributed by atoms with Crippen LogP contribution in [0.1, 0.15) is 28.8 Å². The fourth-order valence-electron chi connectivity index (χ4n) is 2.18. The first-order valence-corrected chi connectivity index (χ1v) is 8.19. The van der Waals surface area contributed by atoms with E-state index in [1.54, 1.807) is 0 Å². The van der Waals surface area contributed by atoms with Crippen molar-refractivity contribution in [2.24, 2.45) is 0 Å². The third-order valence-corrected chi connectivity index (χ3v) is 3.67. The fourth-order valence-corrected chi connectivity index (χ4v) is 2.37. The second-order valence-electron chi connectivity index (χ2n) is 5.19. The molecule has 0 spiro atoms. The largest absolute Gasteiger partial charge is 0.471 e. The summed E-state index contributed by atoms with van der Waals surface area (Å²) in [6.45, 7) is 1.07. The van der Waals surface area contributed by atoms with Gasteiger partial charge in [-0.2, -0.15) is 0 Å². The van der Waals surface area contributed by atoms with Crippen LogP contribution in [0.15, 0.2) is 60.7 Å². The molecular weight excluding hydrogens is 306 g/mol. The first-order valence-electron chi connectivity index (χ1n) is 7.78. The molecule has 0 aromatic heterocycles. The lowest BCUT2D eigenvalue weighted by molar-refractivity contribution is 0.0959. The molecule has 3 nitrogen and oxygen atoms in total. The van der Waals surface area contributed by atoms with Crippen molar-refractivity contribution in [3.63, 3.8) is 0 Å². The number of hydrogen-bond donors (Lipinski definition) is 1. The fraction of sp³-hybridized carbons (Fsp3) is 0.263. The molecule has 0 saturated heterocycles. The SMILES string of the molecule is O=C(CCOC(=S)NCCCc1ccccc1)c1ccccc1. The Kier molecular flexibility index (Phi) is 7.27. The standard InChI is InChI=1S/C19H21NO2S/c21-18(17-11-5-2-6-12-17)13-15-22-19(23)20-14-7-10-16-8-3-1-4-9-16/h1-6,8-9,11-12H,7,10,13-15H2,(H,20,23). The van der Waals surface area contributed by atoms with Crippen LogP contribution in [0, 0.1) is 0 Å². The van der Waals surface area contributed by atoms with Gasteiger partial charge in [-0.25, -0.2) is 0 Å². The topological polar surface area (TPSA) is 38.3 Å². The molecule has 0 fully saturated rings. The second kappa shape index (κ2) is 9.74. The average Bonchev–Trinajstić information content (AvgIpc) is 2.60. The van der Waals surface area contributed by atoms with Gasteiger partial charge in [0.2, 0.25) is 0 Å². The van der Waals surface area contributed by atoms with Gasteiger partial charge in [0.15, 0.2) is 5.78 Å². The molecule has 0 aliphatic carbocycles. The minimum atomic E-state index is 0.0671. The molecule has 2 aromatic carbocycles. The first kappa shape index (κ1) is 17.2. The summed E-state index contributed by atoms with van der Waals surface area (Å²) in [5.41, 5.74) is 2.02. The summed E-state index contributed by atoms with van der Waals surface area (Å²) < 4.78 is 5.39. The Hall–Kier alpha value is -2.20. The summed E-state index contributed by atoms with van der Waals surface area (Å²) in [5.74, 6) is 0.0671. The van der Waals surface area contributed by atoms with Gasteiger partial charge < -0.3 is 10.1 Å². The number of thiocarbonyl (C=S) groups is 1. The van der Waals surface area contributed by atoms with Crippen molar-refractivity contribution in [2.45, 2.75) is 19.3 Å². The van der Waals surface area contributed by atoms with Crippen LogP contribution < -0.4 is 5.32 Å². The Balaban J connectivity index is 1.56. The highest BCUT2D eigenvalue weighted by atomic mass is 32.1. The molecule has 0 aliphatic rings. The predicted octanol–water partition coefficient (Wildman–Crippen LogP) is 3.78. The van der Waals surface area contributed by atoms with Crippen molar-refractivity contribution >= 4 is 23.2 Å². The van der Waals surface area contributed by atoms with Gasteiger partial charge in [0.25, 0.3) is 5.17 Å². The van der Waals surface area contributed by atoms with Crippen molar-refractivity contribution < 1.29 is 9.53 Å². The summed E-state index contributed by atoms with van der Waals surface area (Å²) in [4.78, 5) is 11.9. The summed E-state index contributed by atoms with van der Waals surface area (Å²) in [6.07, 6.45) is 2.31. The quantitative estimate of drug-likeness (QED) is 0.455. The number of carbonyl (C=O) groups excluding carboxylic acids is 1. The molecule has 0 bridgehead atoms. The van der Waals surface area contributed by atoms with Gasteiger partial charge in [-0.3, -0.25) is 4.79 Å². The molecule has 4 heteroatoms. The maximum Gasteiger partial charge on any atom is 0.256 e. The van der Waals surface area contributed by atoms with Crippen LogP contribution in [0.4, 0.5) is 0 Å². The van der Waals surface area contributed by atoms with Gasteiger partial charge in [0, 0.05) is 18.5 Å². The maximum atomic E-state index is 11.9. The number of ether oxygens (including phenoxy) is 1. The van der Waals surface area contributed by atoms with Gasteiger partial charge in [0.05, 0.1) is 6.61 Å². The van der Waals surface area contributed by atoms with Crippen LogP contribution >= 0.6 is 12.2 Å². The summed E-state index contributed by atoms with van der Waals surface area (Å²) in [6, 6.07) is 19.5. The van der Waals surface area contributed by atoms with Crippen LogP contribution in [0.25, 0.3) is 0 Å². The first-order chi connectivity index (χ1) is 11.3. The van der Waals surface area contributed by atoms with Crippen LogP contribution in [-0.4, -0.2) is 24.1 Å². The molecule has 120 valence electrons. The minimum absolute atomic E-state index is 0.0671. The summed E-state index contributed by atoms with van der Waals surface area (Å²) >= 11 is 5.11. The monoisotopic (exact) mass is 327 g/mol. The number of benzene rings is 2. The lowest BCUT2D eigenvalue weighted by Gasteiger charge is -2.09.